The maximum atomic E-state index is 6.15. The Balaban J connectivity index is 0.00000312. The van der Waals surface area contributed by atoms with Crippen LogP contribution in [0.25, 0.3) is 0 Å². The van der Waals surface area contributed by atoms with Gasteiger partial charge in [0, 0.05) is 12.6 Å². The summed E-state index contributed by atoms with van der Waals surface area (Å²) in [6, 6.07) is 6.42. The van der Waals surface area contributed by atoms with Gasteiger partial charge in [0.1, 0.15) is 0 Å². The molecule has 0 radical (unpaired) electrons. The number of nitrogens with zero attached hydrogens (tertiary/aromatic N) is 1. The molecule has 6 heteroatoms. The van der Waals surface area contributed by atoms with Gasteiger partial charge in [-0.05, 0) is 64.2 Å². The normalized spacial score (nSPS) is 15.0. The van der Waals surface area contributed by atoms with E-state index in [1.54, 1.807) is 7.11 Å². The first kappa shape index (κ1) is 21.9. The van der Waals surface area contributed by atoms with Gasteiger partial charge < -0.3 is 20.1 Å². The lowest BCUT2D eigenvalue weighted by Crippen LogP contribution is -2.40. The number of ether oxygens (including phenoxy) is 2. The van der Waals surface area contributed by atoms with Crippen molar-refractivity contribution in [1.82, 2.24) is 10.6 Å². The highest BCUT2D eigenvalue weighted by molar-refractivity contribution is 14.0. The molecule has 1 aliphatic rings. The first-order chi connectivity index (χ1) is 11.6. The van der Waals surface area contributed by atoms with Gasteiger partial charge in [0.05, 0.1) is 19.8 Å². The van der Waals surface area contributed by atoms with E-state index in [2.05, 4.69) is 42.5 Å². The number of benzene rings is 1. The van der Waals surface area contributed by atoms with Crippen molar-refractivity contribution in [3.63, 3.8) is 0 Å². The second-order valence-corrected chi connectivity index (χ2v) is 6.50. The zero-order chi connectivity index (χ0) is 17.4. The van der Waals surface area contributed by atoms with Crippen LogP contribution in [-0.2, 0) is 6.54 Å². The molecule has 0 unspecified atom stereocenters. The van der Waals surface area contributed by atoms with Crippen molar-refractivity contribution in [2.45, 2.75) is 65.1 Å². The summed E-state index contributed by atoms with van der Waals surface area (Å²) in [7, 11) is 1.69. The number of halogens is 1. The highest BCUT2D eigenvalue weighted by Crippen LogP contribution is 2.32. The number of hydrogen-bond donors (Lipinski definition) is 2. The monoisotopic (exact) mass is 461 g/mol. The molecule has 0 saturated heterocycles. The molecule has 0 amide bonds. The average molecular weight is 461 g/mol. The summed E-state index contributed by atoms with van der Waals surface area (Å²) in [5, 5.41) is 6.59. The maximum Gasteiger partial charge on any atom is 0.191 e. The van der Waals surface area contributed by atoms with E-state index in [1.807, 2.05) is 12.1 Å². The summed E-state index contributed by atoms with van der Waals surface area (Å²) in [4.78, 5) is 4.65. The van der Waals surface area contributed by atoms with E-state index in [4.69, 9.17) is 9.47 Å². The van der Waals surface area contributed by atoms with Crippen LogP contribution in [0.1, 0.15) is 52.0 Å². The minimum Gasteiger partial charge on any atom is -0.493 e. The topological polar surface area (TPSA) is 54.9 Å². The molecule has 1 aliphatic carbocycles. The Morgan fingerprint density at radius 1 is 1.24 bits per heavy atom. The number of methoxy groups -OCH3 is 1. The van der Waals surface area contributed by atoms with Gasteiger partial charge in [-0.15, -0.1) is 24.0 Å². The van der Waals surface area contributed by atoms with Gasteiger partial charge in [0.15, 0.2) is 17.5 Å². The van der Waals surface area contributed by atoms with Crippen molar-refractivity contribution < 1.29 is 9.47 Å². The predicted molar refractivity (Wildman–Crippen MR) is 114 cm³/mol. The summed E-state index contributed by atoms with van der Waals surface area (Å²) in [6.45, 7) is 7.73. The lowest BCUT2D eigenvalue weighted by molar-refractivity contribution is 0.200. The summed E-state index contributed by atoms with van der Waals surface area (Å²) < 4.78 is 11.6. The minimum absolute atomic E-state index is 0. The highest BCUT2D eigenvalue weighted by Gasteiger charge is 2.18. The van der Waals surface area contributed by atoms with E-state index < -0.39 is 0 Å². The molecule has 1 aromatic rings. The molecule has 0 aromatic heterocycles. The van der Waals surface area contributed by atoms with Crippen LogP contribution in [0.15, 0.2) is 23.2 Å². The van der Waals surface area contributed by atoms with E-state index in [-0.39, 0.29) is 24.0 Å². The second-order valence-electron chi connectivity index (χ2n) is 6.50. The van der Waals surface area contributed by atoms with Crippen molar-refractivity contribution in [3.8, 4) is 11.5 Å². The molecule has 2 N–H and O–H groups in total. The molecule has 2 rings (SSSR count). The van der Waals surface area contributed by atoms with E-state index in [9.17, 15) is 0 Å². The summed E-state index contributed by atoms with van der Waals surface area (Å²) in [5.74, 6) is 2.46. The number of nitrogens with one attached hydrogen (secondary N) is 2. The zero-order valence-electron chi connectivity index (χ0n) is 15.8. The Kier molecular flexibility index (Phi) is 10.0. The van der Waals surface area contributed by atoms with Crippen LogP contribution in [0.5, 0.6) is 11.5 Å². The standard InChI is InChI=1S/C19H31N3O2.HI/c1-5-20-19(22-14(2)3)21-13-15-10-11-17(23-4)18(12-15)24-16-8-6-7-9-16;/h10-12,14,16H,5-9,13H2,1-4H3,(H2,20,21,22);1H. The fraction of sp³-hybridized carbons (Fsp3) is 0.632. The molecule has 1 aromatic carbocycles. The first-order valence-corrected chi connectivity index (χ1v) is 9.00. The second kappa shape index (κ2) is 11.4. The van der Waals surface area contributed by atoms with Gasteiger partial charge in [-0.3, -0.25) is 0 Å². The van der Waals surface area contributed by atoms with Crippen LogP contribution in [0.4, 0.5) is 0 Å². The summed E-state index contributed by atoms with van der Waals surface area (Å²) in [5.41, 5.74) is 1.12. The van der Waals surface area contributed by atoms with Crippen molar-refractivity contribution >= 4 is 29.9 Å². The number of hydrogen-bond acceptors (Lipinski definition) is 3. The van der Waals surface area contributed by atoms with Gasteiger partial charge in [-0.2, -0.15) is 0 Å². The van der Waals surface area contributed by atoms with E-state index in [1.165, 1.54) is 12.8 Å². The molecular formula is C19H32IN3O2. The molecule has 0 bridgehead atoms. The molecule has 1 fully saturated rings. The Bertz CT molecular complexity index is 543. The average Bonchev–Trinajstić information content (AvgIpc) is 3.05. The SMILES string of the molecule is CCNC(=NCc1ccc(OC)c(OC2CCCC2)c1)NC(C)C.I. The molecule has 25 heavy (non-hydrogen) atoms. The number of rotatable bonds is 7. The van der Waals surface area contributed by atoms with Crippen molar-refractivity contribution in [2.75, 3.05) is 13.7 Å². The summed E-state index contributed by atoms with van der Waals surface area (Å²) >= 11 is 0. The Labute approximate surface area is 169 Å². The van der Waals surface area contributed by atoms with Gasteiger partial charge in [0.2, 0.25) is 0 Å². The zero-order valence-corrected chi connectivity index (χ0v) is 18.1. The molecule has 0 atom stereocenters. The van der Waals surface area contributed by atoms with Crippen LogP contribution in [-0.4, -0.2) is 31.8 Å². The molecular weight excluding hydrogens is 429 g/mol. The Morgan fingerprint density at radius 2 is 1.96 bits per heavy atom. The van der Waals surface area contributed by atoms with Gasteiger partial charge in [-0.25, -0.2) is 4.99 Å². The van der Waals surface area contributed by atoms with Gasteiger partial charge >= 0.3 is 0 Å². The molecule has 1 saturated carbocycles. The number of aliphatic imine (C=N–C) groups is 1. The quantitative estimate of drug-likeness (QED) is 0.365. The van der Waals surface area contributed by atoms with Crippen LogP contribution >= 0.6 is 24.0 Å². The van der Waals surface area contributed by atoms with Gasteiger partial charge in [0.25, 0.3) is 0 Å². The first-order valence-electron chi connectivity index (χ1n) is 9.00. The fourth-order valence-corrected chi connectivity index (χ4v) is 2.86. The lowest BCUT2D eigenvalue weighted by Gasteiger charge is -2.17. The number of guanidine groups is 1. The molecule has 142 valence electrons. The highest BCUT2D eigenvalue weighted by atomic mass is 127. The van der Waals surface area contributed by atoms with E-state index in [0.717, 1.165) is 42.4 Å². The third-order valence-electron chi connectivity index (χ3n) is 4.01. The third kappa shape index (κ3) is 7.30. The fourth-order valence-electron chi connectivity index (χ4n) is 2.86. The van der Waals surface area contributed by atoms with Crippen LogP contribution in [0.3, 0.4) is 0 Å². The maximum absolute atomic E-state index is 6.15. The van der Waals surface area contributed by atoms with Crippen molar-refractivity contribution in [1.29, 1.82) is 0 Å². The largest absolute Gasteiger partial charge is 0.493 e. The Hall–Kier alpha value is -1.18. The minimum atomic E-state index is 0. The molecule has 0 heterocycles. The van der Waals surface area contributed by atoms with Crippen LogP contribution in [0, 0.1) is 0 Å². The lowest BCUT2D eigenvalue weighted by atomic mass is 10.2. The van der Waals surface area contributed by atoms with E-state index in [0.29, 0.717) is 18.7 Å². The van der Waals surface area contributed by atoms with Gasteiger partial charge in [-0.1, -0.05) is 6.07 Å². The molecule has 0 aliphatic heterocycles. The predicted octanol–water partition coefficient (Wildman–Crippen LogP) is 4.10. The van der Waals surface area contributed by atoms with Crippen LogP contribution in [0.2, 0.25) is 0 Å². The molecule has 0 spiro atoms. The molecule has 5 nitrogen and oxygen atoms in total. The smallest absolute Gasteiger partial charge is 0.191 e. The third-order valence-corrected chi connectivity index (χ3v) is 4.01. The summed E-state index contributed by atoms with van der Waals surface area (Å²) in [6.07, 6.45) is 5.09. The van der Waals surface area contributed by atoms with Crippen molar-refractivity contribution in [3.05, 3.63) is 23.8 Å². The van der Waals surface area contributed by atoms with Crippen molar-refractivity contribution in [2.24, 2.45) is 4.99 Å². The van der Waals surface area contributed by atoms with Crippen LogP contribution < -0.4 is 20.1 Å². The Morgan fingerprint density at radius 3 is 2.56 bits per heavy atom. The van der Waals surface area contributed by atoms with E-state index >= 15 is 0 Å².